The van der Waals surface area contributed by atoms with Gasteiger partial charge >= 0.3 is 0 Å². The van der Waals surface area contributed by atoms with Gasteiger partial charge in [-0.1, -0.05) is 29.8 Å². The zero-order valence-corrected chi connectivity index (χ0v) is 17.1. The Balaban J connectivity index is 1.48. The van der Waals surface area contributed by atoms with Gasteiger partial charge in [0.05, 0.1) is 14.2 Å². The molecule has 1 aliphatic heterocycles. The van der Waals surface area contributed by atoms with Crippen molar-refractivity contribution in [3.05, 3.63) is 70.9 Å². The summed E-state index contributed by atoms with van der Waals surface area (Å²) in [7, 11) is 3.33. The fraction of sp³-hybridized carbons (Fsp3) is 0.304. The van der Waals surface area contributed by atoms with Crippen LogP contribution in [-0.4, -0.2) is 30.7 Å². The van der Waals surface area contributed by atoms with Crippen molar-refractivity contribution < 1.29 is 9.47 Å². The van der Waals surface area contributed by atoms with Crippen molar-refractivity contribution in [2.45, 2.75) is 26.4 Å². The van der Waals surface area contributed by atoms with E-state index < -0.39 is 0 Å². The lowest BCUT2D eigenvalue weighted by Crippen LogP contribution is -2.32. The van der Waals surface area contributed by atoms with Crippen molar-refractivity contribution >= 4 is 11.8 Å². The van der Waals surface area contributed by atoms with Crippen LogP contribution in [0.15, 0.2) is 48.7 Å². The average molecular weight is 390 g/mol. The van der Waals surface area contributed by atoms with Crippen molar-refractivity contribution in [1.29, 1.82) is 0 Å². The van der Waals surface area contributed by atoms with Crippen LogP contribution in [-0.2, 0) is 19.5 Å². The van der Waals surface area contributed by atoms with E-state index in [1.807, 2.05) is 12.3 Å². The van der Waals surface area contributed by atoms with E-state index in [1.165, 1.54) is 22.3 Å². The Morgan fingerprint density at radius 1 is 1.00 bits per heavy atom. The zero-order valence-electron chi connectivity index (χ0n) is 17.1. The molecule has 1 N–H and O–H groups in total. The summed E-state index contributed by atoms with van der Waals surface area (Å²) < 4.78 is 10.9. The maximum Gasteiger partial charge on any atom is 0.227 e. The summed E-state index contributed by atoms with van der Waals surface area (Å²) in [6.45, 7) is 4.44. The van der Waals surface area contributed by atoms with Crippen LogP contribution in [0, 0.1) is 6.92 Å². The maximum atomic E-state index is 5.46. The number of rotatable bonds is 6. The van der Waals surface area contributed by atoms with Gasteiger partial charge < -0.3 is 19.7 Å². The summed E-state index contributed by atoms with van der Waals surface area (Å²) in [5.74, 6) is 3.09. The first-order valence-corrected chi connectivity index (χ1v) is 9.77. The number of ether oxygens (including phenoxy) is 2. The third-order valence-electron chi connectivity index (χ3n) is 5.24. The van der Waals surface area contributed by atoms with Crippen LogP contribution in [0.25, 0.3) is 0 Å². The van der Waals surface area contributed by atoms with E-state index in [0.717, 1.165) is 49.3 Å². The van der Waals surface area contributed by atoms with Gasteiger partial charge in [-0.25, -0.2) is 4.98 Å². The molecule has 0 amide bonds. The van der Waals surface area contributed by atoms with Crippen LogP contribution in [0.1, 0.15) is 22.3 Å². The smallest absolute Gasteiger partial charge is 0.227 e. The highest BCUT2D eigenvalue weighted by Crippen LogP contribution is 2.34. The zero-order chi connectivity index (χ0) is 20.2. The van der Waals surface area contributed by atoms with E-state index in [1.54, 1.807) is 14.2 Å². The summed E-state index contributed by atoms with van der Waals surface area (Å²) in [6.07, 6.45) is 2.73. The van der Waals surface area contributed by atoms with E-state index in [9.17, 15) is 0 Å². The minimum atomic E-state index is 0.733. The van der Waals surface area contributed by atoms with E-state index in [4.69, 9.17) is 14.5 Å². The Morgan fingerprint density at radius 2 is 1.72 bits per heavy atom. The fourth-order valence-corrected chi connectivity index (χ4v) is 3.55. The van der Waals surface area contributed by atoms with E-state index in [-0.39, 0.29) is 0 Å². The van der Waals surface area contributed by atoms with Gasteiger partial charge in [-0.15, -0.1) is 0 Å². The number of nitrogens with zero attached hydrogens (tertiary/aromatic N) is 3. The Kier molecular flexibility index (Phi) is 5.51. The number of fused-ring (bicyclic) bond motifs is 1. The van der Waals surface area contributed by atoms with Gasteiger partial charge in [0.1, 0.15) is 5.82 Å². The number of nitrogens with one attached hydrogen (secondary N) is 1. The molecule has 0 saturated carbocycles. The summed E-state index contributed by atoms with van der Waals surface area (Å²) in [5.41, 5.74) is 4.99. The molecule has 0 fully saturated rings. The van der Waals surface area contributed by atoms with Crippen LogP contribution in [0.4, 0.5) is 11.8 Å². The van der Waals surface area contributed by atoms with Gasteiger partial charge in [0, 0.05) is 25.8 Å². The maximum absolute atomic E-state index is 5.46. The molecular weight excluding hydrogens is 364 g/mol. The number of methoxy groups -OCH3 is 2. The largest absolute Gasteiger partial charge is 0.493 e. The predicted molar refractivity (Wildman–Crippen MR) is 115 cm³/mol. The third kappa shape index (κ3) is 4.26. The normalized spacial score (nSPS) is 13.0. The van der Waals surface area contributed by atoms with Gasteiger partial charge in [0.25, 0.3) is 0 Å². The van der Waals surface area contributed by atoms with Crippen molar-refractivity contribution in [2.24, 2.45) is 0 Å². The summed E-state index contributed by atoms with van der Waals surface area (Å²) >= 11 is 0. The van der Waals surface area contributed by atoms with Crippen LogP contribution in [0.3, 0.4) is 0 Å². The van der Waals surface area contributed by atoms with Crippen molar-refractivity contribution in [3.63, 3.8) is 0 Å². The molecule has 4 rings (SSSR count). The Morgan fingerprint density at radius 3 is 2.45 bits per heavy atom. The molecule has 3 aromatic rings. The second kappa shape index (κ2) is 8.39. The topological polar surface area (TPSA) is 59.5 Å². The molecule has 6 nitrogen and oxygen atoms in total. The summed E-state index contributed by atoms with van der Waals surface area (Å²) in [4.78, 5) is 11.4. The Labute approximate surface area is 171 Å². The van der Waals surface area contributed by atoms with E-state index in [0.29, 0.717) is 0 Å². The van der Waals surface area contributed by atoms with E-state index in [2.05, 4.69) is 58.5 Å². The number of aromatic nitrogens is 2. The molecular formula is C23H26N4O2. The Hall–Kier alpha value is -3.28. The molecule has 29 heavy (non-hydrogen) atoms. The summed E-state index contributed by atoms with van der Waals surface area (Å²) in [6, 6.07) is 14.5. The highest BCUT2D eigenvalue weighted by Gasteiger charge is 2.21. The van der Waals surface area contributed by atoms with Crippen LogP contribution >= 0.6 is 0 Å². The predicted octanol–water partition coefficient (Wildman–Crippen LogP) is 3.98. The molecule has 1 aromatic heterocycles. The molecule has 0 radical (unpaired) electrons. The number of benzene rings is 2. The molecule has 6 heteroatoms. The Bertz CT molecular complexity index is 989. The van der Waals surface area contributed by atoms with Crippen LogP contribution < -0.4 is 19.7 Å². The van der Waals surface area contributed by atoms with Crippen molar-refractivity contribution in [3.8, 4) is 11.5 Å². The minimum absolute atomic E-state index is 0.733. The molecule has 0 unspecified atom stereocenters. The SMILES string of the molecule is COc1cc2c(cc1OC)CN(c1nccc(NCc3ccc(C)cc3)n1)CC2. The minimum Gasteiger partial charge on any atom is -0.493 e. The number of anilines is 2. The first kappa shape index (κ1) is 19.1. The molecule has 2 aromatic carbocycles. The molecule has 0 bridgehead atoms. The van der Waals surface area contributed by atoms with Gasteiger partial charge in [0.2, 0.25) is 5.95 Å². The highest BCUT2D eigenvalue weighted by atomic mass is 16.5. The quantitative estimate of drug-likeness (QED) is 0.687. The van der Waals surface area contributed by atoms with Crippen LogP contribution in [0.5, 0.6) is 11.5 Å². The van der Waals surface area contributed by atoms with E-state index >= 15 is 0 Å². The first-order chi connectivity index (χ1) is 14.2. The lowest BCUT2D eigenvalue weighted by molar-refractivity contribution is 0.353. The second-order valence-electron chi connectivity index (χ2n) is 7.23. The van der Waals surface area contributed by atoms with Crippen LogP contribution in [0.2, 0.25) is 0 Å². The molecule has 150 valence electrons. The molecule has 0 aliphatic carbocycles. The van der Waals surface area contributed by atoms with Gasteiger partial charge in [-0.3, -0.25) is 0 Å². The molecule has 0 spiro atoms. The lowest BCUT2D eigenvalue weighted by Gasteiger charge is -2.29. The second-order valence-corrected chi connectivity index (χ2v) is 7.23. The standard InChI is InChI=1S/C23H26N4O2/c1-16-4-6-17(7-5-16)14-25-22-8-10-24-23(26-22)27-11-9-18-12-20(28-2)21(29-3)13-19(18)15-27/h4-8,10,12-13H,9,11,14-15H2,1-3H3,(H,24,25,26). The van der Waals surface area contributed by atoms with Crippen molar-refractivity contribution in [1.82, 2.24) is 9.97 Å². The monoisotopic (exact) mass is 390 g/mol. The first-order valence-electron chi connectivity index (χ1n) is 9.77. The molecule has 0 atom stereocenters. The third-order valence-corrected chi connectivity index (χ3v) is 5.24. The number of hydrogen-bond acceptors (Lipinski definition) is 6. The van der Waals surface area contributed by atoms with Gasteiger partial charge in [0.15, 0.2) is 11.5 Å². The van der Waals surface area contributed by atoms with Gasteiger partial charge in [-0.05, 0) is 48.2 Å². The molecule has 1 aliphatic rings. The average Bonchev–Trinajstić information content (AvgIpc) is 2.77. The molecule has 2 heterocycles. The summed E-state index contributed by atoms with van der Waals surface area (Å²) in [5, 5.41) is 3.40. The highest BCUT2D eigenvalue weighted by molar-refractivity contribution is 5.51. The lowest BCUT2D eigenvalue weighted by atomic mass is 9.99. The number of aryl methyl sites for hydroxylation is 1. The number of hydrogen-bond donors (Lipinski definition) is 1. The fourth-order valence-electron chi connectivity index (χ4n) is 3.55. The van der Waals surface area contributed by atoms with Crippen molar-refractivity contribution in [2.75, 3.05) is 31.0 Å². The molecule has 0 saturated heterocycles. The van der Waals surface area contributed by atoms with Gasteiger partial charge in [-0.2, -0.15) is 4.98 Å².